The number of aldehydes is 1. The molecule has 1 N–H and O–H groups in total. The van der Waals surface area contributed by atoms with Gasteiger partial charge in [0.2, 0.25) is 0 Å². The van der Waals surface area contributed by atoms with E-state index in [9.17, 15) is 4.79 Å². The fraction of sp³-hybridized carbons (Fsp3) is 0.562. The van der Waals surface area contributed by atoms with Gasteiger partial charge in [-0.05, 0) is 25.2 Å². The van der Waals surface area contributed by atoms with E-state index in [2.05, 4.69) is 50.0 Å². The van der Waals surface area contributed by atoms with Gasteiger partial charge in [-0.15, -0.1) is 0 Å². The fourth-order valence-corrected chi connectivity index (χ4v) is 2.60. The molecule has 0 aliphatic heterocycles. The minimum atomic E-state index is 0.244. The highest BCUT2D eigenvalue weighted by Crippen LogP contribution is 2.34. The Morgan fingerprint density at radius 3 is 2.59 bits per heavy atom. The second-order valence-electron chi connectivity index (χ2n) is 6.10. The molecule has 0 spiro atoms. The number of fused-ring (bicyclic) bond motifs is 1. The minimum Gasteiger partial charge on any atom is -0.367 e. The molecule has 5 nitrogen and oxygen atoms in total. The van der Waals surface area contributed by atoms with E-state index in [-0.39, 0.29) is 12.0 Å². The summed E-state index contributed by atoms with van der Waals surface area (Å²) in [5.74, 6) is 1.53. The van der Waals surface area contributed by atoms with Crippen molar-refractivity contribution in [3.05, 3.63) is 22.5 Å². The molecule has 0 saturated heterocycles. The van der Waals surface area contributed by atoms with Crippen molar-refractivity contribution in [3.8, 4) is 0 Å². The lowest BCUT2D eigenvalue weighted by Crippen LogP contribution is -2.25. The second kappa shape index (κ2) is 6.65. The van der Waals surface area contributed by atoms with Crippen LogP contribution in [0.25, 0.3) is 5.65 Å². The van der Waals surface area contributed by atoms with Crippen molar-refractivity contribution in [1.29, 1.82) is 0 Å². The number of carbonyl (C=O) groups excluding carboxylic acids is 1. The summed E-state index contributed by atoms with van der Waals surface area (Å²) in [6.45, 7) is 10.7. The summed E-state index contributed by atoms with van der Waals surface area (Å²) in [4.78, 5) is 15.5. The van der Waals surface area contributed by atoms with Crippen LogP contribution in [0.3, 0.4) is 0 Å². The molecule has 2 rings (SSSR count). The molecule has 2 atom stereocenters. The molecule has 0 saturated carbocycles. The van der Waals surface area contributed by atoms with Crippen LogP contribution < -0.4 is 5.32 Å². The molecule has 6 heteroatoms. The molecule has 0 radical (unpaired) electrons. The number of halogens is 1. The lowest BCUT2D eigenvalue weighted by molar-refractivity contribution is 0.112. The summed E-state index contributed by atoms with van der Waals surface area (Å²) in [5, 5.41) is 8.26. The fourth-order valence-electron chi connectivity index (χ4n) is 2.24. The summed E-state index contributed by atoms with van der Waals surface area (Å²) in [6, 6.07) is 0.244. The molecule has 0 amide bonds. The predicted octanol–water partition coefficient (Wildman–Crippen LogP) is 4.17. The zero-order valence-electron chi connectivity index (χ0n) is 13.7. The smallest absolute Gasteiger partial charge is 0.169 e. The topological polar surface area (TPSA) is 59.3 Å². The largest absolute Gasteiger partial charge is 0.367 e. The summed E-state index contributed by atoms with van der Waals surface area (Å²) >= 11 is 6.42. The number of carbonyl (C=O) groups is 1. The molecule has 2 aromatic heterocycles. The van der Waals surface area contributed by atoms with Crippen molar-refractivity contribution >= 4 is 29.4 Å². The van der Waals surface area contributed by atoms with Crippen LogP contribution in [0.4, 0.5) is 5.82 Å². The van der Waals surface area contributed by atoms with E-state index in [1.165, 1.54) is 6.20 Å². The van der Waals surface area contributed by atoms with Crippen molar-refractivity contribution < 1.29 is 4.79 Å². The normalized spacial score (nSPS) is 14.3. The average Bonchev–Trinajstić information content (AvgIpc) is 2.89. The molecule has 0 aromatic carbocycles. The van der Waals surface area contributed by atoms with Crippen LogP contribution >= 0.6 is 11.6 Å². The van der Waals surface area contributed by atoms with Gasteiger partial charge >= 0.3 is 0 Å². The third-order valence-corrected chi connectivity index (χ3v) is 4.55. The average molecular weight is 323 g/mol. The number of hydrogen-bond acceptors (Lipinski definition) is 4. The zero-order valence-corrected chi connectivity index (χ0v) is 14.5. The number of anilines is 1. The zero-order chi connectivity index (χ0) is 16.4. The monoisotopic (exact) mass is 322 g/mol. The van der Waals surface area contributed by atoms with Crippen molar-refractivity contribution in [3.63, 3.8) is 0 Å². The van der Waals surface area contributed by atoms with Crippen molar-refractivity contribution in [2.45, 2.75) is 53.0 Å². The number of nitrogens with one attached hydrogen (secondary N) is 1. The highest BCUT2D eigenvalue weighted by Gasteiger charge is 2.22. The first-order valence-electron chi connectivity index (χ1n) is 7.69. The van der Waals surface area contributed by atoms with E-state index < -0.39 is 0 Å². The first-order chi connectivity index (χ1) is 10.4. The minimum absolute atomic E-state index is 0.244. The van der Waals surface area contributed by atoms with Crippen LogP contribution in [0.5, 0.6) is 0 Å². The Hall–Kier alpha value is -1.62. The molecule has 2 aromatic rings. The van der Waals surface area contributed by atoms with Gasteiger partial charge in [0.1, 0.15) is 11.0 Å². The first-order valence-corrected chi connectivity index (χ1v) is 8.07. The van der Waals surface area contributed by atoms with Gasteiger partial charge in [-0.1, -0.05) is 39.3 Å². The van der Waals surface area contributed by atoms with Crippen LogP contribution in [0.15, 0.2) is 6.20 Å². The van der Waals surface area contributed by atoms with Gasteiger partial charge in [-0.3, -0.25) is 4.79 Å². The number of hydrogen-bond donors (Lipinski definition) is 1. The molecule has 0 aliphatic rings. The van der Waals surface area contributed by atoms with E-state index in [1.807, 2.05) is 0 Å². The Morgan fingerprint density at radius 1 is 1.36 bits per heavy atom. The van der Waals surface area contributed by atoms with Crippen molar-refractivity contribution in [2.75, 3.05) is 5.32 Å². The Morgan fingerprint density at radius 2 is 2.05 bits per heavy atom. The lowest BCUT2D eigenvalue weighted by atomic mass is 9.99. The quantitative estimate of drug-likeness (QED) is 0.640. The number of rotatable bonds is 6. The van der Waals surface area contributed by atoms with Gasteiger partial charge in [0.15, 0.2) is 11.9 Å². The summed E-state index contributed by atoms with van der Waals surface area (Å²) in [5.41, 5.74) is 1.88. The highest BCUT2D eigenvalue weighted by atomic mass is 35.5. The summed E-state index contributed by atoms with van der Waals surface area (Å²) in [6.07, 6.45) is 3.22. The molecule has 22 heavy (non-hydrogen) atoms. The summed E-state index contributed by atoms with van der Waals surface area (Å²) in [7, 11) is 0. The Balaban J connectivity index is 2.70. The third-order valence-electron chi connectivity index (χ3n) is 4.26. The van der Waals surface area contributed by atoms with Gasteiger partial charge in [0.05, 0.1) is 11.8 Å². The van der Waals surface area contributed by atoms with Gasteiger partial charge in [-0.2, -0.15) is 9.61 Å². The number of nitrogens with zero attached hydrogens (tertiary/aromatic N) is 3. The van der Waals surface area contributed by atoms with Crippen molar-refractivity contribution in [1.82, 2.24) is 14.6 Å². The maximum atomic E-state index is 11.2. The van der Waals surface area contributed by atoms with E-state index in [1.54, 1.807) is 4.52 Å². The highest BCUT2D eigenvalue weighted by molar-refractivity contribution is 6.30. The first kappa shape index (κ1) is 16.7. The molecule has 0 aliphatic carbocycles. The Kier molecular flexibility index (Phi) is 5.06. The molecule has 0 fully saturated rings. The van der Waals surface area contributed by atoms with E-state index in [4.69, 9.17) is 11.6 Å². The molecular weight excluding hydrogens is 300 g/mol. The van der Waals surface area contributed by atoms with E-state index in [0.717, 1.165) is 24.1 Å². The van der Waals surface area contributed by atoms with Gasteiger partial charge in [0.25, 0.3) is 0 Å². The SMILES string of the molecule is CCC(C)c1c(Cl)nc2c(C=O)cnn2c1NC(C)C(C)C. The van der Waals surface area contributed by atoms with Gasteiger partial charge in [0, 0.05) is 11.6 Å². The lowest BCUT2D eigenvalue weighted by Gasteiger charge is -2.24. The third kappa shape index (κ3) is 2.95. The second-order valence-corrected chi connectivity index (χ2v) is 6.46. The van der Waals surface area contributed by atoms with E-state index >= 15 is 0 Å². The Labute approximate surface area is 136 Å². The molecule has 120 valence electrons. The Bertz CT molecular complexity index is 680. The standard InChI is InChI=1S/C16H23ClN4O/c1-6-10(4)13-14(17)20-15-12(8-22)7-18-21(15)16(13)19-11(5)9(2)3/h7-11,19H,6H2,1-5H3. The van der Waals surface area contributed by atoms with Crippen LogP contribution in [0.2, 0.25) is 5.15 Å². The molecule has 2 heterocycles. The molecule has 0 bridgehead atoms. The van der Waals surface area contributed by atoms with Crippen LogP contribution in [-0.2, 0) is 0 Å². The van der Waals surface area contributed by atoms with Crippen molar-refractivity contribution in [2.24, 2.45) is 5.92 Å². The van der Waals surface area contributed by atoms with Gasteiger partial charge < -0.3 is 5.32 Å². The number of aromatic nitrogens is 3. The molecular formula is C16H23ClN4O. The molecule has 2 unspecified atom stereocenters. The van der Waals surface area contributed by atoms with Crippen LogP contribution in [0.1, 0.15) is 62.9 Å². The van der Waals surface area contributed by atoms with Crippen LogP contribution in [-0.4, -0.2) is 26.9 Å². The predicted molar refractivity (Wildman–Crippen MR) is 90.0 cm³/mol. The maximum absolute atomic E-state index is 11.2. The summed E-state index contributed by atoms with van der Waals surface area (Å²) < 4.78 is 1.69. The van der Waals surface area contributed by atoms with E-state index in [0.29, 0.717) is 22.3 Å². The van der Waals surface area contributed by atoms with Crippen LogP contribution in [0, 0.1) is 5.92 Å². The van der Waals surface area contributed by atoms with Gasteiger partial charge in [-0.25, -0.2) is 4.98 Å². The maximum Gasteiger partial charge on any atom is 0.169 e.